The van der Waals surface area contributed by atoms with Crippen molar-refractivity contribution in [2.24, 2.45) is 0 Å². The Kier molecular flexibility index (Phi) is 7.17. The minimum absolute atomic E-state index is 0.190. The molecule has 2 heterocycles. The second-order valence-electron chi connectivity index (χ2n) is 7.66. The fraction of sp³-hybridized carbons (Fsp3) is 0.650. The van der Waals surface area contributed by atoms with Gasteiger partial charge in [-0.05, 0) is 50.8 Å². The minimum atomic E-state index is -3.51. The van der Waals surface area contributed by atoms with E-state index in [4.69, 9.17) is 0 Å². The predicted octanol–water partition coefficient (Wildman–Crippen LogP) is 2.94. The van der Waals surface area contributed by atoms with Crippen molar-refractivity contribution in [3.8, 4) is 0 Å². The molecule has 8 heteroatoms. The fourth-order valence-electron chi connectivity index (χ4n) is 4.22. The first kappa shape index (κ1) is 21.7. The average Bonchev–Trinajstić information content (AvgIpc) is 2.72. The van der Waals surface area contributed by atoms with Crippen molar-refractivity contribution in [3.05, 3.63) is 28.7 Å². The molecule has 28 heavy (non-hydrogen) atoms. The summed E-state index contributed by atoms with van der Waals surface area (Å²) in [5, 5.41) is 0. The molecular weight excluding hydrogens is 442 g/mol. The van der Waals surface area contributed by atoms with E-state index in [-0.39, 0.29) is 11.9 Å². The van der Waals surface area contributed by atoms with Gasteiger partial charge < -0.3 is 4.90 Å². The van der Waals surface area contributed by atoms with Crippen molar-refractivity contribution in [1.29, 1.82) is 0 Å². The van der Waals surface area contributed by atoms with Gasteiger partial charge in [-0.25, -0.2) is 8.42 Å². The number of halogens is 1. The second kappa shape index (κ2) is 9.24. The van der Waals surface area contributed by atoms with Gasteiger partial charge in [-0.3, -0.25) is 9.69 Å². The summed E-state index contributed by atoms with van der Waals surface area (Å²) in [5.74, 6) is 0.190. The number of carbonyl (C=O) groups is 1. The SMILES string of the molecule is CCC1CCCCN1C(=O)C(C)N1CCN(S(=O)(=O)c2cccc(Br)c2)CC1. The maximum absolute atomic E-state index is 13.1. The highest BCUT2D eigenvalue weighted by atomic mass is 79.9. The van der Waals surface area contributed by atoms with Crippen LogP contribution in [0.15, 0.2) is 33.6 Å². The molecule has 0 radical (unpaired) electrons. The first-order chi connectivity index (χ1) is 13.3. The van der Waals surface area contributed by atoms with E-state index in [9.17, 15) is 13.2 Å². The Bertz CT molecular complexity index is 794. The number of nitrogens with zero attached hydrogens (tertiary/aromatic N) is 3. The summed E-state index contributed by atoms with van der Waals surface area (Å²) >= 11 is 3.34. The van der Waals surface area contributed by atoms with E-state index in [1.54, 1.807) is 18.2 Å². The quantitative estimate of drug-likeness (QED) is 0.662. The van der Waals surface area contributed by atoms with Crippen molar-refractivity contribution in [2.45, 2.75) is 56.5 Å². The van der Waals surface area contributed by atoms with Gasteiger partial charge in [0.1, 0.15) is 0 Å². The van der Waals surface area contributed by atoms with Crippen LogP contribution in [0.3, 0.4) is 0 Å². The number of piperazine rings is 1. The maximum atomic E-state index is 13.1. The molecule has 2 aliphatic heterocycles. The highest BCUT2D eigenvalue weighted by Crippen LogP contribution is 2.24. The Hall–Kier alpha value is -0.960. The summed E-state index contributed by atoms with van der Waals surface area (Å²) < 4.78 is 28.1. The molecule has 2 aliphatic rings. The Morgan fingerprint density at radius 2 is 1.89 bits per heavy atom. The molecule has 0 bridgehead atoms. The van der Waals surface area contributed by atoms with E-state index in [1.165, 1.54) is 10.7 Å². The first-order valence-electron chi connectivity index (χ1n) is 10.1. The summed E-state index contributed by atoms with van der Waals surface area (Å²) in [6, 6.07) is 6.95. The van der Waals surface area contributed by atoms with Crippen molar-refractivity contribution in [2.75, 3.05) is 32.7 Å². The van der Waals surface area contributed by atoms with Crippen LogP contribution in [0, 0.1) is 0 Å². The molecule has 0 aliphatic carbocycles. The standard InChI is InChI=1S/C20H30BrN3O3S/c1-3-18-8-4-5-10-24(18)20(25)16(2)22-11-13-23(14-12-22)28(26,27)19-9-6-7-17(21)15-19/h6-7,9,15-16,18H,3-5,8,10-14H2,1-2H3. The monoisotopic (exact) mass is 471 g/mol. The van der Waals surface area contributed by atoms with Gasteiger partial charge in [-0.1, -0.05) is 28.9 Å². The summed E-state index contributed by atoms with van der Waals surface area (Å²) in [5.41, 5.74) is 0. The third kappa shape index (κ3) is 4.61. The van der Waals surface area contributed by atoms with E-state index in [0.29, 0.717) is 37.1 Å². The van der Waals surface area contributed by atoms with Crippen LogP contribution in [0.5, 0.6) is 0 Å². The lowest BCUT2D eigenvalue weighted by molar-refractivity contribution is -0.140. The zero-order chi connectivity index (χ0) is 20.3. The fourth-order valence-corrected chi connectivity index (χ4v) is 6.24. The molecular formula is C20H30BrN3O3S. The molecule has 156 valence electrons. The van der Waals surface area contributed by atoms with Crippen LogP contribution in [0.1, 0.15) is 39.5 Å². The van der Waals surface area contributed by atoms with Crippen molar-refractivity contribution < 1.29 is 13.2 Å². The third-order valence-electron chi connectivity index (χ3n) is 5.99. The highest BCUT2D eigenvalue weighted by Gasteiger charge is 2.35. The lowest BCUT2D eigenvalue weighted by atomic mass is 9.99. The normalized spacial score (nSPS) is 23.5. The van der Waals surface area contributed by atoms with Crippen LogP contribution >= 0.6 is 15.9 Å². The van der Waals surface area contributed by atoms with Crippen LogP contribution in [0.2, 0.25) is 0 Å². The molecule has 1 aromatic rings. The van der Waals surface area contributed by atoms with E-state index in [2.05, 4.69) is 32.7 Å². The van der Waals surface area contributed by atoms with Crippen LogP contribution < -0.4 is 0 Å². The molecule has 0 aromatic heterocycles. The number of likely N-dealkylation sites (tertiary alicyclic amines) is 1. The number of amides is 1. The maximum Gasteiger partial charge on any atom is 0.243 e. The Balaban J connectivity index is 1.62. The van der Waals surface area contributed by atoms with E-state index < -0.39 is 10.0 Å². The minimum Gasteiger partial charge on any atom is -0.338 e. The Labute approximate surface area is 177 Å². The molecule has 2 atom stereocenters. The predicted molar refractivity (Wildman–Crippen MR) is 114 cm³/mol. The van der Waals surface area contributed by atoms with Crippen molar-refractivity contribution >= 4 is 31.9 Å². The van der Waals surface area contributed by atoms with Crippen LogP contribution in [0.25, 0.3) is 0 Å². The lowest BCUT2D eigenvalue weighted by Gasteiger charge is -2.41. The summed E-state index contributed by atoms with van der Waals surface area (Å²) in [4.78, 5) is 17.5. The molecule has 0 N–H and O–H groups in total. The molecule has 2 unspecified atom stereocenters. The molecule has 3 rings (SSSR count). The van der Waals surface area contributed by atoms with Gasteiger partial charge in [-0.15, -0.1) is 0 Å². The number of hydrogen-bond acceptors (Lipinski definition) is 4. The molecule has 2 saturated heterocycles. The molecule has 6 nitrogen and oxygen atoms in total. The smallest absolute Gasteiger partial charge is 0.243 e. The van der Waals surface area contributed by atoms with Crippen molar-refractivity contribution in [3.63, 3.8) is 0 Å². The summed E-state index contributed by atoms with van der Waals surface area (Å²) in [6.07, 6.45) is 4.36. The number of sulfonamides is 1. The zero-order valence-electron chi connectivity index (χ0n) is 16.7. The van der Waals surface area contributed by atoms with Gasteiger partial charge >= 0.3 is 0 Å². The van der Waals surface area contributed by atoms with E-state index in [0.717, 1.165) is 30.3 Å². The van der Waals surface area contributed by atoms with Crippen LogP contribution in [-0.2, 0) is 14.8 Å². The second-order valence-corrected chi connectivity index (χ2v) is 10.5. The largest absolute Gasteiger partial charge is 0.338 e. The van der Waals surface area contributed by atoms with Crippen molar-refractivity contribution in [1.82, 2.24) is 14.1 Å². The molecule has 2 fully saturated rings. The molecule has 0 saturated carbocycles. The van der Waals surface area contributed by atoms with Gasteiger partial charge in [0.2, 0.25) is 15.9 Å². The van der Waals surface area contributed by atoms with E-state index in [1.807, 2.05) is 13.0 Å². The summed E-state index contributed by atoms with van der Waals surface area (Å²) in [6.45, 7) is 6.91. The van der Waals surface area contributed by atoms with Gasteiger partial charge in [0.15, 0.2) is 0 Å². The molecule has 0 spiro atoms. The van der Waals surface area contributed by atoms with Crippen LogP contribution in [0.4, 0.5) is 0 Å². The number of benzene rings is 1. The lowest BCUT2D eigenvalue weighted by Crippen LogP contribution is -2.57. The number of rotatable bonds is 5. The van der Waals surface area contributed by atoms with Gasteiger partial charge in [0.25, 0.3) is 0 Å². The first-order valence-corrected chi connectivity index (χ1v) is 12.4. The van der Waals surface area contributed by atoms with E-state index >= 15 is 0 Å². The molecule has 1 aromatic carbocycles. The third-order valence-corrected chi connectivity index (χ3v) is 8.38. The highest BCUT2D eigenvalue weighted by molar-refractivity contribution is 9.10. The van der Waals surface area contributed by atoms with Gasteiger partial charge in [0, 0.05) is 43.2 Å². The zero-order valence-corrected chi connectivity index (χ0v) is 19.1. The number of carbonyl (C=O) groups excluding carboxylic acids is 1. The average molecular weight is 472 g/mol. The Morgan fingerprint density at radius 1 is 1.18 bits per heavy atom. The number of piperidine rings is 1. The van der Waals surface area contributed by atoms with Crippen LogP contribution in [-0.4, -0.2) is 73.2 Å². The number of hydrogen-bond donors (Lipinski definition) is 0. The van der Waals surface area contributed by atoms with Gasteiger partial charge in [-0.2, -0.15) is 4.31 Å². The topological polar surface area (TPSA) is 60.9 Å². The Morgan fingerprint density at radius 3 is 2.54 bits per heavy atom. The summed E-state index contributed by atoms with van der Waals surface area (Å²) in [7, 11) is -3.51. The molecule has 1 amide bonds. The van der Waals surface area contributed by atoms with Gasteiger partial charge in [0.05, 0.1) is 10.9 Å².